The second-order valence-electron chi connectivity index (χ2n) is 11.2. The van der Waals surface area contributed by atoms with Crippen LogP contribution in [0.25, 0.3) is 0 Å². The van der Waals surface area contributed by atoms with E-state index < -0.39 is 12.0 Å². The van der Waals surface area contributed by atoms with Crippen LogP contribution in [0.4, 0.5) is 0 Å². The smallest absolute Gasteiger partial charge is 0.226 e. The summed E-state index contributed by atoms with van der Waals surface area (Å²) >= 11 is 0. The summed E-state index contributed by atoms with van der Waals surface area (Å²) in [6.45, 7) is 2.75. The average molecular weight is 509 g/mol. The normalized spacial score (nSPS) is 23.6. The number of amides is 1. The lowest BCUT2D eigenvalue weighted by Crippen LogP contribution is -2.50. The summed E-state index contributed by atoms with van der Waals surface area (Å²) in [6, 6.07) is 30.3. The predicted octanol–water partition coefficient (Wildman–Crippen LogP) is 5.81. The molecular formula is C34H40N2O2. The molecule has 4 nitrogen and oxygen atoms in total. The highest BCUT2D eigenvalue weighted by atomic mass is 16.2. The zero-order valence-electron chi connectivity index (χ0n) is 22.4. The van der Waals surface area contributed by atoms with Crippen LogP contribution in [0.15, 0.2) is 91.0 Å². The number of Topliss-reactive ketones (excluding diaryl/α,β-unsaturated/α-hetero) is 1. The molecule has 5 rings (SSSR count). The standard InChI is InChI=1S/C34H40N2O2/c1-2-36(33-28-19-18-27(22-28)32(33)26-16-10-5-11-17-26)34(38)29(20-24-12-6-3-7-13-24)23-31(37)30(35)21-25-14-8-4-9-15-25/h3-17,27-30,32-33H,2,18-23,35H2,1H3/t27?,28?,29-,30+,32?,33?/m1/s1. The Labute approximate surface area is 227 Å². The molecule has 0 saturated heterocycles. The van der Waals surface area contributed by atoms with Crippen molar-refractivity contribution in [2.45, 2.75) is 63.5 Å². The zero-order valence-corrected chi connectivity index (χ0v) is 22.4. The lowest BCUT2D eigenvalue weighted by molar-refractivity contribution is -0.141. The number of hydrogen-bond acceptors (Lipinski definition) is 3. The fourth-order valence-electron chi connectivity index (χ4n) is 7.12. The van der Waals surface area contributed by atoms with Gasteiger partial charge in [-0.25, -0.2) is 0 Å². The van der Waals surface area contributed by atoms with Crippen LogP contribution in [-0.2, 0) is 22.4 Å². The zero-order chi connectivity index (χ0) is 26.5. The summed E-state index contributed by atoms with van der Waals surface area (Å²) in [5.41, 5.74) is 9.86. The first-order valence-electron chi connectivity index (χ1n) is 14.3. The molecule has 198 valence electrons. The van der Waals surface area contributed by atoms with Gasteiger partial charge in [0.25, 0.3) is 0 Å². The molecule has 0 aliphatic heterocycles. The Morgan fingerprint density at radius 1 is 0.816 bits per heavy atom. The molecule has 2 fully saturated rings. The van der Waals surface area contributed by atoms with Gasteiger partial charge < -0.3 is 10.6 Å². The van der Waals surface area contributed by atoms with E-state index in [1.54, 1.807) is 0 Å². The third-order valence-electron chi connectivity index (χ3n) is 8.87. The number of carbonyl (C=O) groups excluding carboxylic acids is 2. The minimum atomic E-state index is -0.613. The molecule has 2 aliphatic rings. The fraction of sp³-hybridized carbons (Fsp3) is 0.412. The average Bonchev–Trinajstić information content (AvgIpc) is 3.57. The van der Waals surface area contributed by atoms with Gasteiger partial charge in [-0.15, -0.1) is 0 Å². The van der Waals surface area contributed by atoms with Gasteiger partial charge in [0.1, 0.15) is 0 Å². The minimum Gasteiger partial charge on any atom is -0.339 e. The van der Waals surface area contributed by atoms with Crippen molar-refractivity contribution in [1.82, 2.24) is 4.90 Å². The first kappa shape index (κ1) is 26.4. The van der Waals surface area contributed by atoms with Gasteiger partial charge in [0.2, 0.25) is 5.91 Å². The molecule has 0 aromatic heterocycles. The molecule has 2 aliphatic carbocycles. The molecule has 2 N–H and O–H groups in total. The van der Waals surface area contributed by atoms with Gasteiger partial charge in [-0.3, -0.25) is 9.59 Å². The van der Waals surface area contributed by atoms with Crippen molar-refractivity contribution >= 4 is 11.7 Å². The second kappa shape index (κ2) is 12.1. The first-order chi connectivity index (χ1) is 18.5. The Bertz CT molecular complexity index is 1200. The topological polar surface area (TPSA) is 63.4 Å². The Kier molecular flexibility index (Phi) is 8.38. The maximum absolute atomic E-state index is 14.4. The summed E-state index contributed by atoms with van der Waals surface area (Å²) in [5.74, 6) is 1.18. The van der Waals surface area contributed by atoms with Gasteiger partial charge >= 0.3 is 0 Å². The van der Waals surface area contributed by atoms with Gasteiger partial charge in [-0.2, -0.15) is 0 Å². The van der Waals surface area contributed by atoms with E-state index in [9.17, 15) is 9.59 Å². The highest BCUT2D eigenvalue weighted by Gasteiger charge is 2.51. The fourth-order valence-corrected chi connectivity index (χ4v) is 7.12. The van der Waals surface area contributed by atoms with E-state index >= 15 is 0 Å². The largest absolute Gasteiger partial charge is 0.339 e. The van der Waals surface area contributed by atoms with Crippen LogP contribution in [0.1, 0.15) is 55.2 Å². The third-order valence-corrected chi connectivity index (χ3v) is 8.87. The molecule has 0 radical (unpaired) electrons. The van der Waals surface area contributed by atoms with Crippen molar-refractivity contribution < 1.29 is 9.59 Å². The van der Waals surface area contributed by atoms with Crippen LogP contribution in [0.3, 0.4) is 0 Å². The number of carbonyl (C=O) groups is 2. The van der Waals surface area contributed by atoms with E-state index in [1.165, 1.54) is 24.8 Å². The van der Waals surface area contributed by atoms with Gasteiger partial charge in [0.15, 0.2) is 5.78 Å². The molecular weight excluding hydrogens is 468 g/mol. The highest BCUT2D eigenvalue weighted by molar-refractivity contribution is 5.90. The predicted molar refractivity (Wildman–Crippen MR) is 153 cm³/mol. The number of nitrogens with zero attached hydrogens (tertiary/aromatic N) is 1. The molecule has 1 amide bonds. The van der Waals surface area contributed by atoms with E-state index in [2.05, 4.69) is 54.3 Å². The van der Waals surface area contributed by atoms with Crippen LogP contribution < -0.4 is 5.73 Å². The van der Waals surface area contributed by atoms with Crippen molar-refractivity contribution in [3.8, 4) is 0 Å². The lowest BCUT2D eigenvalue weighted by atomic mass is 9.78. The number of rotatable bonds is 11. The summed E-state index contributed by atoms with van der Waals surface area (Å²) in [7, 11) is 0. The number of benzene rings is 3. The monoisotopic (exact) mass is 508 g/mol. The highest BCUT2D eigenvalue weighted by Crippen LogP contribution is 2.55. The van der Waals surface area contributed by atoms with Crippen molar-refractivity contribution in [2.24, 2.45) is 23.5 Å². The Morgan fingerprint density at radius 3 is 1.97 bits per heavy atom. The number of likely N-dealkylation sites (N-methyl/N-ethyl adjacent to an activating group) is 1. The van der Waals surface area contributed by atoms with Crippen LogP contribution in [-0.4, -0.2) is 35.2 Å². The number of hydrogen-bond donors (Lipinski definition) is 1. The molecule has 2 bridgehead atoms. The second-order valence-corrected chi connectivity index (χ2v) is 11.2. The minimum absolute atomic E-state index is 0.0354. The Balaban J connectivity index is 1.39. The Hall–Kier alpha value is -3.24. The first-order valence-corrected chi connectivity index (χ1v) is 14.3. The van der Waals surface area contributed by atoms with Crippen molar-refractivity contribution in [3.63, 3.8) is 0 Å². The van der Waals surface area contributed by atoms with E-state index in [1.807, 2.05) is 48.5 Å². The SMILES string of the molecule is CCN(C(=O)[C@@H](CC(=O)[C@@H](N)Cc1ccccc1)Cc1ccccc1)C1C2CCC(C2)C1c1ccccc1. The van der Waals surface area contributed by atoms with Crippen LogP contribution in [0, 0.1) is 17.8 Å². The van der Waals surface area contributed by atoms with Gasteiger partial charge in [-0.1, -0.05) is 91.0 Å². The van der Waals surface area contributed by atoms with E-state index in [4.69, 9.17) is 5.73 Å². The van der Waals surface area contributed by atoms with Crippen molar-refractivity contribution in [2.75, 3.05) is 6.54 Å². The van der Waals surface area contributed by atoms with Crippen molar-refractivity contribution in [3.05, 3.63) is 108 Å². The molecule has 3 aromatic rings. The van der Waals surface area contributed by atoms with Gasteiger partial charge in [0.05, 0.1) is 6.04 Å². The van der Waals surface area contributed by atoms with Crippen LogP contribution >= 0.6 is 0 Å². The number of fused-ring (bicyclic) bond motifs is 2. The maximum atomic E-state index is 14.4. The molecule has 4 heteroatoms. The molecule has 38 heavy (non-hydrogen) atoms. The van der Waals surface area contributed by atoms with Crippen molar-refractivity contribution in [1.29, 1.82) is 0 Å². The quantitative estimate of drug-likeness (QED) is 0.356. The van der Waals surface area contributed by atoms with Gasteiger partial charge in [-0.05, 0) is 67.6 Å². The summed E-state index contributed by atoms with van der Waals surface area (Å²) in [6.07, 6.45) is 4.84. The molecule has 6 atom stereocenters. The van der Waals surface area contributed by atoms with Crippen LogP contribution in [0.2, 0.25) is 0 Å². The molecule has 2 saturated carbocycles. The number of ketones is 1. The molecule has 3 aromatic carbocycles. The Morgan fingerprint density at radius 2 is 1.37 bits per heavy atom. The summed E-state index contributed by atoms with van der Waals surface area (Å²) in [5, 5.41) is 0. The third kappa shape index (κ3) is 5.76. The number of nitrogens with two attached hydrogens (primary N) is 1. The maximum Gasteiger partial charge on any atom is 0.226 e. The molecule has 0 spiro atoms. The lowest BCUT2D eigenvalue weighted by Gasteiger charge is -2.41. The molecule has 4 unspecified atom stereocenters. The summed E-state index contributed by atoms with van der Waals surface area (Å²) < 4.78 is 0. The van der Waals surface area contributed by atoms with E-state index in [0.29, 0.717) is 37.1 Å². The van der Waals surface area contributed by atoms with Crippen LogP contribution in [0.5, 0.6) is 0 Å². The van der Waals surface area contributed by atoms with E-state index in [-0.39, 0.29) is 24.2 Å². The van der Waals surface area contributed by atoms with Gasteiger partial charge in [0, 0.05) is 30.8 Å². The summed E-state index contributed by atoms with van der Waals surface area (Å²) in [4.78, 5) is 29.9. The van der Waals surface area contributed by atoms with E-state index in [0.717, 1.165) is 11.1 Å². The molecule has 0 heterocycles.